The summed E-state index contributed by atoms with van der Waals surface area (Å²) in [4.78, 5) is 12.3. The number of amides is 1. The van der Waals surface area contributed by atoms with Crippen LogP contribution in [0, 0.1) is 25.7 Å². The highest BCUT2D eigenvalue weighted by molar-refractivity contribution is 5.79. The van der Waals surface area contributed by atoms with E-state index in [4.69, 9.17) is 10.3 Å². The molecule has 0 aliphatic heterocycles. The predicted molar refractivity (Wildman–Crippen MR) is 77.2 cm³/mol. The maximum Gasteiger partial charge on any atom is 0.223 e. The summed E-state index contributed by atoms with van der Waals surface area (Å²) < 4.78 is 5.16. The van der Waals surface area contributed by atoms with Gasteiger partial charge in [0.15, 0.2) is 0 Å². The van der Waals surface area contributed by atoms with Crippen molar-refractivity contribution in [1.29, 1.82) is 0 Å². The van der Waals surface area contributed by atoms with Crippen LogP contribution in [0.2, 0.25) is 0 Å². The molecule has 0 aromatic carbocycles. The van der Waals surface area contributed by atoms with Gasteiger partial charge in [0.1, 0.15) is 5.76 Å². The number of nitrogens with two attached hydrogens (primary N) is 1. The van der Waals surface area contributed by atoms with Crippen molar-refractivity contribution in [3.8, 4) is 0 Å². The predicted octanol–water partition coefficient (Wildman–Crippen LogP) is 1.71. The maximum atomic E-state index is 12.3. The Hall–Kier alpha value is -1.36. The SMILES string of the molecule is Cc1noc(C)c1CC(C)NC(=O)[C@@H]1CCC[C@@H]1CN. The van der Waals surface area contributed by atoms with E-state index < -0.39 is 0 Å². The molecule has 112 valence electrons. The first-order valence-electron chi connectivity index (χ1n) is 7.45. The van der Waals surface area contributed by atoms with Crippen LogP contribution in [0.3, 0.4) is 0 Å². The Bertz CT molecular complexity index is 450. The third kappa shape index (κ3) is 3.20. The molecule has 1 amide bonds. The van der Waals surface area contributed by atoms with Crippen molar-refractivity contribution in [1.82, 2.24) is 10.5 Å². The van der Waals surface area contributed by atoms with Crippen LogP contribution in [0.1, 0.15) is 43.2 Å². The number of carbonyl (C=O) groups is 1. The molecule has 1 aliphatic carbocycles. The fourth-order valence-corrected chi connectivity index (χ4v) is 3.16. The fraction of sp³-hybridized carbons (Fsp3) is 0.733. The van der Waals surface area contributed by atoms with Crippen molar-refractivity contribution >= 4 is 5.91 Å². The molecule has 0 saturated heterocycles. The number of aryl methyl sites for hydroxylation is 2. The van der Waals surface area contributed by atoms with Gasteiger partial charge in [-0.1, -0.05) is 11.6 Å². The lowest BCUT2D eigenvalue weighted by Gasteiger charge is -2.21. The summed E-state index contributed by atoms with van der Waals surface area (Å²) >= 11 is 0. The highest BCUT2D eigenvalue weighted by Gasteiger charge is 2.32. The molecule has 5 heteroatoms. The molecule has 0 radical (unpaired) electrons. The molecule has 0 spiro atoms. The smallest absolute Gasteiger partial charge is 0.223 e. The molecule has 1 aliphatic rings. The van der Waals surface area contributed by atoms with E-state index in [-0.39, 0.29) is 17.9 Å². The van der Waals surface area contributed by atoms with Crippen LogP contribution in [-0.2, 0) is 11.2 Å². The molecule has 3 N–H and O–H groups in total. The summed E-state index contributed by atoms with van der Waals surface area (Å²) in [7, 11) is 0. The average molecular weight is 279 g/mol. The zero-order chi connectivity index (χ0) is 14.7. The topological polar surface area (TPSA) is 81.2 Å². The molecule has 1 saturated carbocycles. The van der Waals surface area contributed by atoms with Crippen LogP contribution in [0.5, 0.6) is 0 Å². The Labute approximate surface area is 120 Å². The van der Waals surface area contributed by atoms with Gasteiger partial charge in [-0.2, -0.15) is 0 Å². The Morgan fingerprint density at radius 2 is 2.25 bits per heavy atom. The van der Waals surface area contributed by atoms with E-state index in [1.807, 2.05) is 20.8 Å². The molecule has 1 unspecified atom stereocenters. The van der Waals surface area contributed by atoms with Crippen LogP contribution in [0.4, 0.5) is 0 Å². The number of hydrogen-bond acceptors (Lipinski definition) is 4. The number of nitrogens with one attached hydrogen (secondary N) is 1. The number of carbonyl (C=O) groups excluding carboxylic acids is 1. The molecule has 2 rings (SSSR count). The minimum atomic E-state index is 0.0818. The summed E-state index contributed by atoms with van der Waals surface area (Å²) in [5, 5.41) is 7.06. The lowest BCUT2D eigenvalue weighted by Crippen LogP contribution is -2.40. The monoisotopic (exact) mass is 279 g/mol. The van der Waals surface area contributed by atoms with Crippen LogP contribution in [-0.4, -0.2) is 23.7 Å². The first-order valence-corrected chi connectivity index (χ1v) is 7.45. The van der Waals surface area contributed by atoms with Crippen molar-refractivity contribution < 1.29 is 9.32 Å². The zero-order valence-corrected chi connectivity index (χ0v) is 12.6. The summed E-state index contributed by atoms with van der Waals surface area (Å²) in [6, 6.07) is 0.0818. The zero-order valence-electron chi connectivity index (χ0n) is 12.6. The third-order valence-electron chi connectivity index (χ3n) is 4.38. The summed E-state index contributed by atoms with van der Waals surface area (Å²) in [6.07, 6.45) is 3.91. The third-order valence-corrected chi connectivity index (χ3v) is 4.38. The first kappa shape index (κ1) is 15.0. The number of rotatable bonds is 5. The number of nitrogens with zero attached hydrogens (tertiary/aromatic N) is 1. The second-order valence-electron chi connectivity index (χ2n) is 5.95. The summed E-state index contributed by atoms with van der Waals surface area (Å²) in [5.41, 5.74) is 7.75. The summed E-state index contributed by atoms with van der Waals surface area (Å²) in [5.74, 6) is 1.43. The Kier molecular flexibility index (Phi) is 4.81. The second kappa shape index (κ2) is 6.39. The second-order valence-corrected chi connectivity index (χ2v) is 5.95. The summed E-state index contributed by atoms with van der Waals surface area (Å²) in [6.45, 7) is 6.47. The maximum absolute atomic E-state index is 12.3. The van der Waals surface area contributed by atoms with Crippen LogP contribution in [0.15, 0.2) is 4.52 Å². The van der Waals surface area contributed by atoms with E-state index >= 15 is 0 Å². The van der Waals surface area contributed by atoms with Crippen molar-refractivity contribution in [3.05, 3.63) is 17.0 Å². The molecular weight excluding hydrogens is 254 g/mol. The van der Waals surface area contributed by atoms with Gasteiger partial charge < -0.3 is 15.6 Å². The average Bonchev–Trinajstić information content (AvgIpc) is 3.00. The highest BCUT2D eigenvalue weighted by Crippen LogP contribution is 2.31. The van der Waals surface area contributed by atoms with E-state index in [0.29, 0.717) is 12.5 Å². The Morgan fingerprint density at radius 3 is 2.85 bits per heavy atom. The van der Waals surface area contributed by atoms with Gasteiger partial charge in [-0.15, -0.1) is 0 Å². The lowest BCUT2D eigenvalue weighted by molar-refractivity contribution is -0.126. The lowest BCUT2D eigenvalue weighted by atomic mass is 9.94. The van der Waals surface area contributed by atoms with Gasteiger partial charge in [0.05, 0.1) is 5.69 Å². The van der Waals surface area contributed by atoms with Crippen molar-refractivity contribution in [2.45, 2.75) is 52.5 Å². The van der Waals surface area contributed by atoms with E-state index in [0.717, 1.165) is 42.7 Å². The number of aromatic nitrogens is 1. The first-order chi connectivity index (χ1) is 9.52. The van der Waals surface area contributed by atoms with Crippen LogP contribution in [0.25, 0.3) is 0 Å². The molecule has 1 heterocycles. The van der Waals surface area contributed by atoms with Gasteiger partial charge in [0.2, 0.25) is 5.91 Å². The van der Waals surface area contributed by atoms with E-state index in [1.54, 1.807) is 0 Å². The van der Waals surface area contributed by atoms with E-state index in [1.165, 1.54) is 0 Å². The van der Waals surface area contributed by atoms with Crippen LogP contribution < -0.4 is 11.1 Å². The van der Waals surface area contributed by atoms with E-state index in [2.05, 4.69) is 10.5 Å². The molecule has 1 aromatic rings. The Balaban J connectivity index is 1.91. The normalized spacial score (nSPS) is 23.8. The quantitative estimate of drug-likeness (QED) is 0.860. The van der Waals surface area contributed by atoms with Gasteiger partial charge in [0, 0.05) is 17.5 Å². The largest absolute Gasteiger partial charge is 0.361 e. The molecule has 3 atom stereocenters. The van der Waals surface area contributed by atoms with Gasteiger partial charge in [-0.05, 0) is 52.5 Å². The molecule has 20 heavy (non-hydrogen) atoms. The van der Waals surface area contributed by atoms with Crippen molar-refractivity contribution in [2.24, 2.45) is 17.6 Å². The molecule has 5 nitrogen and oxygen atoms in total. The van der Waals surface area contributed by atoms with Crippen molar-refractivity contribution in [2.75, 3.05) is 6.54 Å². The Morgan fingerprint density at radius 1 is 1.50 bits per heavy atom. The molecule has 1 aromatic heterocycles. The van der Waals surface area contributed by atoms with Crippen LogP contribution >= 0.6 is 0 Å². The highest BCUT2D eigenvalue weighted by atomic mass is 16.5. The van der Waals surface area contributed by atoms with Crippen molar-refractivity contribution in [3.63, 3.8) is 0 Å². The molecule has 0 bridgehead atoms. The minimum absolute atomic E-state index is 0.0818. The molecule has 1 fully saturated rings. The van der Waals surface area contributed by atoms with Gasteiger partial charge in [-0.3, -0.25) is 4.79 Å². The van der Waals surface area contributed by atoms with Gasteiger partial charge in [-0.25, -0.2) is 0 Å². The van der Waals surface area contributed by atoms with E-state index in [9.17, 15) is 4.79 Å². The fourth-order valence-electron chi connectivity index (χ4n) is 3.16. The van der Waals surface area contributed by atoms with Gasteiger partial charge >= 0.3 is 0 Å². The molecular formula is C15H25N3O2. The van der Waals surface area contributed by atoms with Gasteiger partial charge in [0.25, 0.3) is 0 Å². The number of hydrogen-bond donors (Lipinski definition) is 2. The minimum Gasteiger partial charge on any atom is -0.361 e. The standard InChI is InChI=1S/C15H25N3O2/c1-9(7-14-10(2)18-20-11(14)3)17-15(19)13-6-4-5-12(13)8-16/h9,12-13H,4-8,16H2,1-3H3,(H,17,19)/t9?,12-,13-/m1/s1.